The van der Waals surface area contributed by atoms with Gasteiger partial charge in [-0.3, -0.25) is 84.0 Å². The quantitative estimate of drug-likeness (QED) is 0.147. The number of para-hydroxylation sites is 4. The van der Waals surface area contributed by atoms with Crippen LogP contribution in [0.2, 0.25) is 0 Å². The molecule has 150 heavy (non-hydrogen) atoms. The van der Waals surface area contributed by atoms with Crippen molar-refractivity contribution in [3.05, 3.63) is 462 Å². The average Bonchev–Trinajstić information content (AvgIpc) is 1.64. The Kier molecular flexibility index (Phi) is 38.7. The summed E-state index contributed by atoms with van der Waals surface area (Å²) in [6, 6.07) is 60.5. The molecule has 0 amide bonds. The summed E-state index contributed by atoms with van der Waals surface area (Å²) in [5.41, 5.74) is 19.0. The maximum atomic E-state index is 5.19. The van der Waals surface area contributed by atoms with Crippen LogP contribution in [-0.2, 0) is 50.4 Å². The number of aliphatic imine (C=N–C) groups is 2. The lowest BCUT2D eigenvalue weighted by Gasteiger charge is -2.13. The minimum atomic E-state index is 0.699. The second-order valence-corrected chi connectivity index (χ2v) is 34.3. The average molecular weight is 2000 g/mol. The number of ether oxygens (including phenoxy) is 1. The molecular weight excluding hydrogens is 1890 g/mol. The van der Waals surface area contributed by atoms with E-state index >= 15 is 0 Å². The summed E-state index contributed by atoms with van der Waals surface area (Å²) in [7, 11) is 0. The molecule has 28 heterocycles. The standard InChI is InChI=1S/6C8H6N2.C8H11N.C7H5N3.C7H6N2.2C7H10N2.C7H6N2.2C6H5N3.C6H8N2O.C5H4N2S/c1-3-9-6-8-2-4-10-5-7(1)8;1-3-9-5-8-6-10-4-2-7(1)8;1-2-7-6-9-5-3-8(7)10-4-1;1-2-7-3-5-9-6-8(7)10-4-1;1-2-4-8-7(3-1)5-9-6-10-8;1-2-4-8-7(3-1)9-5-6-10-8;1-2-4-8-6-9-5-7(8)3-1;1-2-6-7(9-3-1)10-5-4-8-6;1-2-8-4-7-5-9-3-6(1)7;1-2-6-9-7(3-1)4-5-8-9;1-2-4-9-6-8-5-7(9)3-1;1-2-4-7-6(3-1)5-8-9-7;1-3-7-6-2-4-8-9(6)5-1;1-2-6-3-5-8-9(6)7-4-1;1-2-9-4-6-3-7-5-8(1)6;1-2-7-3-4-8-5(7)6-1/h6*1-6H;5H,1-4,6H2;1-5H;1-4H,5H2;4-5H,1-3,6H2;5-6H,1-4H2;1-5H,(H,8,9);2*1-5H;3,5H,1-2,4H2;1-4H. The lowest BCUT2D eigenvalue weighted by Crippen LogP contribution is -2.14. The Morgan fingerprint density at radius 1 is 0.320 bits per heavy atom. The van der Waals surface area contributed by atoms with Crippen molar-refractivity contribution >= 4 is 127 Å². The van der Waals surface area contributed by atoms with E-state index in [1.807, 2.05) is 297 Å². The van der Waals surface area contributed by atoms with Crippen molar-refractivity contribution in [2.75, 3.05) is 13.2 Å². The molecule has 0 saturated carbocycles. The molecule has 1 N–H and O–H groups in total. The van der Waals surface area contributed by atoms with Crippen molar-refractivity contribution in [3.8, 4) is 0 Å². The first-order valence-electron chi connectivity index (χ1n) is 48.8. The van der Waals surface area contributed by atoms with E-state index in [0.29, 0.717) is 5.65 Å². The highest BCUT2D eigenvalue weighted by Crippen LogP contribution is 2.27. The monoisotopic (exact) mass is 2000 g/mol. The molecule has 6 aliphatic rings. The smallest absolute Gasteiger partial charge is 0.193 e. The summed E-state index contributed by atoms with van der Waals surface area (Å²) in [5.74, 6) is 0. The number of nitrogens with one attached hydrogen (secondary N) is 1. The van der Waals surface area contributed by atoms with E-state index in [1.54, 1.807) is 162 Å². The number of thiazole rings is 1. The number of pyridine rings is 10. The molecular formula is C114H106N34OS. The zero-order valence-corrected chi connectivity index (χ0v) is 82.9. The molecule has 32 rings (SSSR count). The third kappa shape index (κ3) is 31.4. The Labute approximate surface area is 866 Å². The third-order valence-electron chi connectivity index (χ3n) is 23.3. The molecule has 0 radical (unpaired) electrons. The van der Waals surface area contributed by atoms with E-state index in [9.17, 15) is 0 Å². The molecule has 1 aliphatic carbocycles. The Bertz CT molecular complexity index is 7000. The van der Waals surface area contributed by atoms with Gasteiger partial charge in [0.1, 0.15) is 11.8 Å². The zero-order chi connectivity index (χ0) is 102. The molecule has 744 valence electrons. The molecule has 0 unspecified atom stereocenters. The summed E-state index contributed by atoms with van der Waals surface area (Å²) < 4.78 is 16.9. The summed E-state index contributed by atoms with van der Waals surface area (Å²) in [6.07, 6.45) is 83.3. The minimum absolute atomic E-state index is 0.699. The molecule has 26 aromatic rings. The second kappa shape index (κ2) is 56.7. The number of hydrogen-bond acceptors (Lipinski definition) is 29. The maximum Gasteiger partial charge on any atom is 0.193 e. The highest BCUT2D eigenvalue weighted by Gasteiger charge is 2.15. The highest BCUT2D eigenvalue weighted by atomic mass is 32.1. The van der Waals surface area contributed by atoms with Crippen molar-refractivity contribution in [2.24, 2.45) is 9.98 Å². The first-order valence-corrected chi connectivity index (χ1v) is 49.7. The van der Waals surface area contributed by atoms with Crippen molar-refractivity contribution in [3.63, 3.8) is 0 Å². The topological polar surface area (TPSA) is 400 Å². The fraction of sp³-hybridized carbons (Fsp3) is 0.149. The predicted molar refractivity (Wildman–Crippen MR) is 586 cm³/mol. The number of aromatic nitrogens is 32. The Balaban J connectivity index is 0.000000109. The molecule has 0 spiro atoms. The number of imidazole rings is 3. The maximum absolute atomic E-state index is 5.19. The van der Waals surface area contributed by atoms with Crippen LogP contribution < -0.4 is 0 Å². The van der Waals surface area contributed by atoms with Gasteiger partial charge in [-0.1, -0.05) is 54.6 Å². The first-order chi connectivity index (χ1) is 74.5. The van der Waals surface area contributed by atoms with E-state index in [2.05, 4.69) is 166 Å². The van der Waals surface area contributed by atoms with Crippen LogP contribution in [0.1, 0.15) is 79.6 Å². The van der Waals surface area contributed by atoms with Gasteiger partial charge in [-0.15, -0.1) is 11.3 Å². The van der Waals surface area contributed by atoms with Crippen LogP contribution in [0.15, 0.2) is 444 Å². The van der Waals surface area contributed by atoms with Gasteiger partial charge in [0.25, 0.3) is 0 Å². The first kappa shape index (κ1) is 102. The lowest BCUT2D eigenvalue weighted by molar-refractivity contribution is 0.0850. The van der Waals surface area contributed by atoms with Crippen molar-refractivity contribution in [2.45, 2.75) is 97.0 Å². The number of rotatable bonds is 0. The number of aromatic amines is 1. The minimum Gasteiger partial charge on any atom is -0.373 e. The fourth-order valence-electron chi connectivity index (χ4n) is 15.6. The number of H-pyrrole nitrogens is 1. The van der Waals surface area contributed by atoms with E-state index in [-0.39, 0.29) is 0 Å². The van der Waals surface area contributed by atoms with Crippen LogP contribution >= 0.6 is 11.3 Å². The molecule has 0 bridgehead atoms. The van der Waals surface area contributed by atoms with E-state index in [1.165, 1.54) is 104 Å². The van der Waals surface area contributed by atoms with Crippen LogP contribution in [0.3, 0.4) is 0 Å². The SMILES string of the molecule is C1=NCC2=C1CCCC2.C1=NCc2cnccc21.c1cc2ccncc2cn1.c1cc2cnccc2cn1.c1cc2n(n1)CCCC2.c1ccc2[nH]ncc2c1.c1ccc2nccnc2c1.c1ccc2ncncc2c1.c1cn2ccsc2n1.c1cnc2ccncc2c1.c1cnc2ccnn2c1.c1cnc2cnccc2c1.c1cnc2nccnc2c1.c1cnn2nccc2c1.c1ncn2c1CCCC2.c1ncn2c1COCC2. The third-order valence-corrected chi connectivity index (χ3v) is 24.1. The number of aryl methyl sites for hydroxylation is 4. The van der Waals surface area contributed by atoms with Gasteiger partial charge in [0.2, 0.25) is 0 Å². The summed E-state index contributed by atoms with van der Waals surface area (Å²) in [6.45, 7) is 6.62. The summed E-state index contributed by atoms with van der Waals surface area (Å²) >= 11 is 1.65. The molecule has 35 nitrogen and oxygen atoms in total. The van der Waals surface area contributed by atoms with Crippen LogP contribution in [0.4, 0.5) is 0 Å². The molecule has 0 saturated heterocycles. The van der Waals surface area contributed by atoms with E-state index in [0.717, 1.165) is 132 Å². The number of nitrogens with zero attached hydrogens (tertiary/aromatic N) is 33. The Morgan fingerprint density at radius 3 is 1.63 bits per heavy atom. The van der Waals surface area contributed by atoms with Crippen LogP contribution in [0, 0.1) is 0 Å². The Hall–Kier alpha value is -19.2. The molecule has 0 atom stereocenters. The number of allylic oxidation sites excluding steroid dienone is 1. The Morgan fingerprint density at radius 2 is 0.900 bits per heavy atom. The highest BCUT2D eigenvalue weighted by molar-refractivity contribution is 7.15. The van der Waals surface area contributed by atoms with E-state index < -0.39 is 0 Å². The van der Waals surface area contributed by atoms with Gasteiger partial charge in [0, 0.05) is 283 Å². The molecule has 3 aromatic carbocycles. The molecule has 36 heteroatoms. The second-order valence-electron chi connectivity index (χ2n) is 33.4. The largest absolute Gasteiger partial charge is 0.373 e. The normalized spacial score (nSPS) is 12.5. The van der Waals surface area contributed by atoms with Crippen molar-refractivity contribution < 1.29 is 4.74 Å². The van der Waals surface area contributed by atoms with Gasteiger partial charge in [0.15, 0.2) is 16.3 Å². The van der Waals surface area contributed by atoms with Crippen molar-refractivity contribution in [1.82, 2.24) is 158 Å². The fourth-order valence-corrected chi connectivity index (χ4v) is 16.3. The summed E-state index contributed by atoms with van der Waals surface area (Å²) in [5, 5.41) is 33.8. The zero-order valence-electron chi connectivity index (χ0n) is 82.1. The number of hydrogen-bond donors (Lipinski definition) is 1. The van der Waals surface area contributed by atoms with Gasteiger partial charge in [-0.05, 0) is 208 Å². The lowest BCUT2D eigenvalue weighted by atomic mass is 9.94. The molecule has 0 fully saturated rings. The van der Waals surface area contributed by atoms with E-state index in [4.69, 9.17) is 4.74 Å². The van der Waals surface area contributed by atoms with Gasteiger partial charge >= 0.3 is 0 Å². The van der Waals surface area contributed by atoms with Crippen molar-refractivity contribution in [1.29, 1.82) is 0 Å². The molecule has 5 aliphatic heterocycles. The van der Waals surface area contributed by atoms with Crippen LogP contribution in [0.25, 0.3) is 103 Å². The number of benzene rings is 3. The summed E-state index contributed by atoms with van der Waals surface area (Å²) in [4.78, 5) is 89.9. The van der Waals surface area contributed by atoms with Gasteiger partial charge in [0.05, 0.1) is 114 Å². The van der Waals surface area contributed by atoms with Crippen LogP contribution in [0.5, 0.6) is 0 Å². The number of fused-ring (bicyclic) bond motifs is 15. The predicted octanol–water partition coefficient (Wildman–Crippen LogP) is 21.0. The molecule has 23 aromatic heterocycles. The van der Waals surface area contributed by atoms with Gasteiger partial charge in [-0.2, -0.15) is 30.1 Å². The van der Waals surface area contributed by atoms with Crippen LogP contribution in [-0.4, -0.2) is 183 Å². The van der Waals surface area contributed by atoms with Gasteiger partial charge < -0.3 is 13.9 Å². The van der Waals surface area contributed by atoms with Gasteiger partial charge in [-0.25, -0.2) is 44.4 Å².